The smallest absolute Gasteiger partial charge is 0.335 e. The molecule has 178 valence electrons. The van der Waals surface area contributed by atoms with Crippen LogP contribution in [0.5, 0.6) is 0 Å². The molecule has 3 nitrogen and oxygen atoms in total. The van der Waals surface area contributed by atoms with Crippen LogP contribution in [0.25, 0.3) is 22.5 Å². The normalized spacial score (nSPS) is 13.5. The molecular weight excluding hydrogens is 406 g/mol. The van der Waals surface area contributed by atoms with Crippen LogP contribution in [0.3, 0.4) is 0 Å². The average Bonchev–Trinajstić information content (AvgIpc) is 3.15. The van der Waals surface area contributed by atoms with E-state index in [1.54, 1.807) is 0 Å². The molecule has 0 saturated carbocycles. The lowest BCUT2D eigenvalue weighted by atomic mass is 9.88. The molecule has 0 aliphatic rings. The Bertz CT molecular complexity index is 985. The number of rotatable bonds is 2. The standard InChI is InChI=1S/C30H43NO2/c1-27(2,3)23-15-19(16-24(32-23)28(4,5)6)21-13-14-22(31-21)20-17-25(29(7,8)9)33-26(18-20)30(10,11)12/h13-18,31H,1-12H3/q+2. The molecule has 0 spiro atoms. The zero-order chi connectivity index (χ0) is 25.0. The van der Waals surface area contributed by atoms with Crippen LogP contribution in [-0.2, 0) is 21.7 Å². The van der Waals surface area contributed by atoms with Gasteiger partial charge in [-0.2, -0.15) is 0 Å². The summed E-state index contributed by atoms with van der Waals surface area (Å²) in [6.07, 6.45) is 0. The first-order chi connectivity index (χ1) is 14.9. The molecule has 0 aliphatic carbocycles. The second kappa shape index (κ2) is 8.11. The maximum Gasteiger partial charge on any atom is 0.335 e. The molecule has 0 saturated heterocycles. The number of hydrogen-bond acceptors (Lipinski definition) is 0. The largest absolute Gasteiger partial charge is 0.355 e. The minimum absolute atomic E-state index is 0.0738. The summed E-state index contributed by atoms with van der Waals surface area (Å²) in [7, 11) is 0. The predicted octanol–water partition coefficient (Wildman–Crippen LogP) is 9.29. The highest BCUT2D eigenvalue weighted by Crippen LogP contribution is 2.37. The molecule has 3 aromatic rings. The van der Waals surface area contributed by atoms with Crippen molar-refractivity contribution in [2.24, 2.45) is 0 Å². The van der Waals surface area contributed by atoms with E-state index in [2.05, 4.69) is 124 Å². The summed E-state index contributed by atoms with van der Waals surface area (Å²) in [5.74, 6) is 3.96. The molecule has 33 heavy (non-hydrogen) atoms. The summed E-state index contributed by atoms with van der Waals surface area (Å²) in [6.45, 7) is 26.3. The zero-order valence-corrected chi connectivity index (χ0v) is 22.8. The zero-order valence-electron chi connectivity index (χ0n) is 22.8. The van der Waals surface area contributed by atoms with Crippen molar-refractivity contribution in [2.45, 2.75) is 105 Å². The van der Waals surface area contributed by atoms with Crippen molar-refractivity contribution in [3.05, 3.63) is 59.4 Å². The van der Waals surface area contributed by atoms with Gasteiger partial charge in [0.2, 0.25) is 0 Å². The average molecular weight is 450 g/mol. The second-order valence-corrected chi connectivity index (χ2v) is 13.4. The van der Waals surface area contributed by atoms with Gasteiger partial charge < -0.3 is 4.98 Å². The van der Waals surface area contributed by atoms with Gasteiger partial charge in [0.05, 0.1) is 21.7 Å². The monoisotopic (exact) mass is 449 g/mol. The Labute approximate surface area is 200 Å². The lowest BCUT2D eigenvalue weighted by Gasteiger charge is -2.15. The van der Waals surface area contributed by atoms with Gasteiger partial charge in [-0.05, 0) is 95.2 Å². The maximum atomic E-state index is 6.34. The van der Waals surface area contributed by atoms with Gasteiger partial charge in [-0.15, -0.1) is 0 Å². The van der Waals surface area contributed by atoms with Gasteiger partial charge in [0.1, 0.15) is 0 Å². The molecule has 1 N–H and O–H groups in total. The molecule has 0 aliphatic heterocycles. The number of aromatic nitrogens is 1. The Morgan fingerprint density at radius 1 is 0.455 bits per heavy atom. The van der Waals surface area contributed by atoms with E-state index >= 15 is 0 Å². The van der Waals surface area contributed by atoms with Gasteiger partial charge in [-0.1, -0.05) is 0 Å². The van der Waals surface area contributed by atoms with Gasteiger partial charge in [0.25, 0.3) is 0 Å². The van der Waals surface area contributed by atoms with Crippen molar-refractivity contribution in [3.8, 4) is 22.5 Å². The third-order valence-electron chi connectivity index (χ3n) is 5.85. The molecule has 0 bridgehead atoms. The quantitative estimate of drug-likeness (QED) is 0.396. The lowest BCUT2D eigenvalue weighted by molar-refractivity contribution is 0.329. The van der Waals surface area contributed by atoms with Crippen molar-refractivity contribution < 1.29 is 8.83 Å². The van der Waals surface area contributed by atoms with Crippen LogP contribution in [0.15, 0.2) is 45.2 Å². The third kappa shape index (κ3) is 5.75. The van der Waals surface area contributed by atoms with Crippen LogP contribution in [-0.4, -0.2) is 4.98 Å². The van der Waals surface area contributed by atoms with E-state index in [0.717, 1.165) is 45.6 Å². The Morgan fingerprint density at radius 3 is 0.909 bits per heavy atom. The molecule has 3 rings (SSSR count). The van der Waals surface area contributed by atoms with E-state index < -0.39 is 0 Å². The van der Waals surface area contributed by atoms with E-state index in [1.165, 1.54) is 0 Å². The summed E-state index contributed by atoms with van der Waals surface area (Å²) < 4.78 is 12.7. The summed E-state index contributed by atoms with van der Waals surface area (Å²) in [5.41, 5.74) is 4.18. The number of nitrogens with one attached hydrogen (secondary N) is 1. The van der Waals surface area contributed by atoms with Gasteiger partial charge in [-0.25, -0.2) is 8.83 Å². The molecule has 0 fully saturated rings. The first-order valence-corrected chi connectivity index (χ1v) is 12.0. The van der Waals surface area contributed by atoms with E-state index in [-0.39, 0.29) is 21.7 Å². The highest BCUT2D eigenvalue weighted by molar-refractivity contribution is 5.69. The fraction of sp³-hybridized carbons (Fsp3) is 0.533. The fourth-order valence-corrected chi connectivity index (χ4v) is 3.52. The molecule has 0 atom stereocenters. The Morgan fingerprint density at radius 2 is 0.697 bits per heavy atom. The third-order valence-corrected chi connectivity index (χ3v) is 5.85. The molecule has 0 unspecified atom stereocenters. The van der Waals surface area contributed by atoms with Gasteiger partial charge >= 0.3 is 23.0 Å². The highest BCUT2D eigenvalue weighted by Gasteiger charge is 2.36. The Hall–Kier alpha value is -2.42. The van der Waals surface area contributed by atoms with Crippen LogP contribution in [0.4, 0.5) is 0 Å². The second-order valence-electron chi connectivity index (χ2n) is 13.4. The SMILES string of the molecule is CC(C)(C)c1cc(-c2ccc(-c3cc(C(C)(C)C)[o+]c(C(C)(C)C)c3)[nH]2)cc(C(C)(C)C)[o+]1. The molecule has 0 radical (unpaired) electrons. The predicted molar refractivity (Wildman–Crippen MR) is 140 cm³/mol. The number of hydrogen-bond donors (Lipinski definition) is 1. The van der Waals surface area contributed by atoms with Crippen molar-refractivity contribution in [2.75, 3.05) is 0 Å². The fourth-order valence-electron chi connectivity index (χ4n) is 3.52. The van der Waals surface area contributed by atoms with E-state index in [0.29, 0.717) is 0 Å². The molecule has 3 aromatic heterocycles. The molecule has 3 heterocycles. The summed E-state index contributed by atoms with van der Waals surface area (Å²) in [4.78, 5) is 3.68. The van der Waals surface area contributed by atoms with E-state index in [4.69, 9.17) is 8.83 Å². The van der Waals surface area contributed by atoms with Gasteiger partial charge in [0.15, 0.2) is 0 Å². The van der Waals surface area contributed by atoms with Crippen LogP contribution < -0.4 is 0 Å². The lowest BCUT2D eigenvalue weighted by Crippen LogP contribution is -2.16. The van der Waals surface area contributed by atoms with Crippen LogP contribution >= 0.6 is 0 Å². The summed E-state index contributed by atoms with van der Waals surface area (Å²) in [5, 5.41) is 0. The number of aromatic amines is 1. The topological polar surface area (TPSA) is 38.4 Å². The van der Waals surface area contributed by atoms with Crippen LogP contribution in [0, 0.1) is 0 Å². The molecular formula is C30H43NO2+2. The summed E-state index contributed by atoms with van der Waals surface area (Å²) in [6, 6.07) is 13.0. The highest BCUT2D eigenvalue weighted by atomic mass is 16.3. The minimum Gasteiger partial charge on any atom is -0.355 e. The molecule has 0 amide bonds. The first-order valence-electron chi connectivity index (χ1n) is 12.0. The van der Waals surface area contributed by atoms with Crippen LogP contribution in [0.2, 0.25) is 0 Å². The van der Waals surface area contributed by atoms with E-state index in [1.807, 2.05) is 0 Å². The van der Waals surface area contributed by atoms with Crippen molar-refractivity contribution in [3.63, 3.8) is 0 Å². The van der Waals surface area contributed by atoms with Crippen LogP contribution in [0.1, 0.15) is 106 Å². The molecule has 3 heteroatoms. The van der Waals surface area contributed by atoms with E-state index in [9.17, 15) is 0 Å². The molecule has 0 aromatic carbocycles. The Kier molecular flexibility index (Phi) is 6.20. The first kappa shape index (κ1) is 25.2. The Balaban J connectivity index is 2.15. The van der Waals surface area contributed by atoms with Gasteiger partial charge in [0, 0.05) is 46.8 Å². The number of H-pyrrole nitrogens is 1. The minimum atomic E-state index is -0.0738. The van der Waals surface area contributed by atoms with Crippen molar-refractivity contribution >= 4 is 0 Å². The maximum absolute atomic E-state index is 6.34. The summed E-state index contributed by atoms with van der Waals surface area (Å²) >= 11 is 0. The van der Waals surface area contributed by atoms with Crippen molar-refractivity contribution in [1.82, 2.24) is 4.98 Å². The van der Waals surface area contributed by atoms with Gasteiger partial charge in [-0.3, -0.25) is 0 Å². The van der Waals surface area contributed by atoms with Crippen molar-refractivity contribution in [1.29, 1.82) is 0 Å².